The molecule has 0 aliphatic heterocycles. The van der Waals surface area contributed by atoms with Gasteiger partial charge < -0.3 is 5.32 Å². The van der Waals surface area contributed by atoms with E-state index < -0.39 is 0 Å². The molecule has 0 aliphatic carbocycles. The molecule has 1 unspecified atom stereocenters. The Bertz CT molecular complexity index is 593. The standard InChI is InChI=1S/C15H19Cl2N3/c1-4-15-11(9-20(3)19-15)8-18-10(2)13-6-5-12(16)7-14(13)17/h5-7,9-10,18H,4,8H2,1-3H3. The van der Waals surface area contributed by atoms with Crippen molar-refractivity contribution in [3.05, 3.63) is 51.3 Å². The highest BCUT2D eigenvalue weighted by Crippen LogP contribution is 2.26. The molecule has 0 spiro atoms. The maximum Gasteiger partial charge on any atom is 0.0666 e. The highest BCUT2D eigenvalue weighted by molar-refractivity contribution is 6.35. The summed E-state index contributed by atoms with van der Waals surface area (Å²) in [5, 5.41) is 9.28. The molecule has 2 rings (SSSR count). The number of hydrogen-bond donors (Lipinski definition) is 1. The molecule has 1 heterocycles. The molecule has 0 radical (unpaired) electrons. The van der Waals surface area contributed by atoms with Gasteiger partial charge in [0.25, 0.3) is 0 Å². The number of nitrogens with one attached hydrogen (secondary N) is 1. The van der Waals surface area contributed by atoms with Crippen molar-refractivity contribution in [1.29, 1.82) is 0 Å². The molecule has 1 atom stereocenters. The zero-order chi connectivity index (χ0) is 14.7. The van der Waals surface area contributed by atoms with Crippen LogP contribution in [-0.2, 0) is 20.0 Å². The van der Waals surface area contributed by atoms with Gasteiger partial charge in [0.15, 0.2) is 0 Å². The predicted octanol–water partition coefficient (Wildman–Crippen LogP) is 4.14. The van der Waals surface area contributed by atoms with Crippen LogP contribution in [-0.4, -0.2) is 9.78 Å². The normalized spacial score (nSPS) is 12.7. The predicted molar refractivity (Wildman–Crippen MR) is 84.3 cm³/mol. The van der Waals surface area contributed by atoms with Crippen LogP contribution in [0.1, 0.15) is 36.7 Å². The van der Waals surface area contributed by atoms with Gasteiger partial charge in [-0.15, -0.1) is 0 Å². The number of hydrogen-bond acceptors (Lipinski definition) is 2. The van der Waals surface area contributed by atoms with Gasteiger partial charge in [0.1, 0.15) is 0 Å². The second-order valence-electron chi connectivity index (χ2n) is 4.90. The third kappa shape index (κ3) is 3.54. The Morgan fingerprint density at radius 2 is 2.10 bits per heavy atom. The average molecular weight is 312 g/mol. The van der Waals surface area contributed by atoms with Crippen molar-refractivity contribution in [2.75, 3.05) is 0 Å². The minimum atomic E-state index is 0.157. The van der Waals surface area contributed by atoms with Crippen molar-refractivity contribution < 1.29 is 0 Å². The third-order valence-corrected chi connectivity index (χ3v) is 3.92. The van der Waals surface area contributed by atoms with Gasteiger partial charge in [-0.25, -0.2) is 0 Å². The summed E-state index contributed by atoms with van der Waals surface area (Å²) >= 11 is 12.1. The Morgan fingerprint density at radius 1 is 1.35 bits per heavy atom. The fourth-order valence-corrected chi connectivity index (χ4v) is 2.83. The molecule has 20 heavy (non-hydrogen) atoms. The van der Waals surface area contributed by atoms with E-state index in [1.54, 1.807) is 6.07 Å². The van der Waals surface area contributed by atoms with E-state index in [9.17, 15) is 0 Å². The van der Waals surface area contributed by atoms with Crippen molar-refractivity contribution >= 4 is 23.2 Å². The molecular weight excluding hydrogens is 293 g/mol. The quantitative estimate of drug-likeness (QED) is 0.899. The van der Waals surface area contributed by atoms with Crippen molar-refractivity contribution in [3.63, 3.8) is 0 Å². The second kappa shape index (κ2) is 6.61. The van der Waals surface area contributed by atoms with Crippen LogP contribution < -0.4 is 5.32 Å². The molecule has 3 nitrogen and oxygen atoms in total. The first-order chi connectivity index (χ1) is 9.51. The minimum Gasteiger partial charge on any atom is -0.306 e. The summed E-state index contributed by atoms with van der Waals surface area (Å²) in [6, 6.07) is 5.76. The number of aromatic nitrogens is 2. The van der Waals surface area contributed by atoms with Gasteiger partial charge in [0.05, 0.1) is 5.69 Å². The van der Waals surface area contributed by atoms with Gasteiger partial charge in [-0.3, -0.25) is 4.68 Å². The van der Waals surface area contributed by atoms with Crippen molar-refractivity contribution in [1.82, 2.24) is 15.1 Å². The Hall–Kier alpha value is -1.03. The summed E-state index contributed by atoms with van der Waals surface area (Å²) in [6.45, 7) is 4.99. The van der Waals surface area contributed by atoms with Gasteiger partial charge >= 0.3 is 0 Å². The zero-order valence-electron chi connectivity index (χ0n) is 12.0. The summed E-state index contributed by atoms with van der Waals surface area (Å²) in [5.41, 5.74) is 3.42. The average Bonchev–Trinajstić information content (AvgIpc) is 2.76. The van der Waals surface area contributed by atoms with Crippen LogP contribution in [0.3, 0.4) is 0 Å². The first kappa shape index (κ1) is 15.4. The van der Waals surface area contributed by atoms with Crippen LogP contribution >= 0.6 is 23.2 Å². The molecule has 1 aromatic heterocycles. The number of benzene rings is 1. The van der Waals surface area contributed by atoms with E-state index in [0.717, 1.165) is 24.2 Å². The molecule has 1 N–H and O–H groups in total. The fourth-order valence-electron chi connectivity index (χ4n) is 2.25. The van der Waals surface area contributed by atoms with Gasteiger partial charge in [-0.05, 0) is 31.0 Å². The molecule has 5 heteroatoms. The molecule has 108 valence electrons. The number of aryl methyl sites for hydroxylation is 2. The molecular formula is C15H19Cl2N3. The Balaban J connectivity index is 2.06. The van der Waals surface area contributed by atoms with Crippen molar-refractivity contribution in [3.8, 4) is 0 Å². The van der Waals surface area contributed by atoms with E-state index >= 15 is 0 Å². The Labute approximate surface area is 129 Å². The Morgan fingerprint density at radius 3 is 2.75 bits per heavy atom. The fraction of sp³-hybridized carbons (Fsp3) is 0.400. The summed E-state index contributed by atoms with van der Waals surface area (Å²) in [6.07, 6.45) is 3.00. The molecule has 0 bridgehead atoms. The minimum absolute atomic E-state index is 0.157. The van der Waals surface area contributed by atoms with Crippen LogP contribution in [0.25, 0.3) is 0 Å². The van der Waals surface area contributed by atoms with Crippen LogP contribution in [0.15, 0.2) is 24.4 Å². The highest BCUT2D eigenvalue weighted by atomic mass is 35.5. The first-order valence-electron chi connectivity index (χ1n) is 6.71. The lowest BCUT2D eigenvalue weighted by atomic mass is 10.1. The molecule has 0 amide bonds. The van der Waals surface area contributed by atoms with Crippen LogP contribution in [0.4, 0.5) is 0 Å². The summed E-state index contributed by atoms with van der Waals surface area (Å²) < 4.78 is 1.86. The number of nitrogens with zero attached hydrogens (tertiary/aromatic N) is 2. The van der Waals surface area contributed by atoms with Gasteiger partial charge in [-0.2, -0.15) is 5.10 Å². The molecule has 0 fully saturated rings. The lowest BCUT2D eigenvalue weighted by Gasteiger charge is -2.15. The summed E-state index contributed by atoms with van der Waals surface area (Å²) in [5.74, 6) is 0. The zero-order valence-corrected chi connectivity index (χ0v) is 13.5. The lowest BCUT2D eigenvalue weighted by Crippen LogP contribution is -2.18. The molecule has 2 aromatic rings. The van der Waals surface area contributed by atoms with Crippen LogP contribution in [0, 0.1) is 0 Å². The van der Waals surface area contributed by atoms with Gasteiger partial charge in [0.2, 0.25) is 0 Å². The van der Waals surface area contributed by atoms with Crippen LogP contribution in [0.2, 0.25) is 10.0 Å². The summed E-state index contributed by atoms with van der Waals surface area (Å²) in [4.78, 5) is 0. The van der Waals surface area contributed by atoms with E-state index in [0.29, 0.717) is 10.0 Å². The van der Waals surface area contributed by atoms with Crippen molar-refractivity contribution in [2.24, 2.45) is 7.05 Å². The maximum atomic E-state index is 6.23. The van der Waals surface area contributed by atoms with Crippen molar-refractivity contribution in [2.45, 2.75) is 32.9 Å². The second-order valence-corrected chi connectivity index (χ2v) is 5.74. The maximum absolute atomic E-state index is 6.23. The van der Waals surface area contributed by atoms with E-state index in [-0.39, 0.29) is 6.04 Å². The third-order valence-electron chi connectivity index (χ3n) is 3.35. The van der Waals surface area contributed by atoms with E-state index in [1.807, 2.05) is 23.9 Å². The first-order valence-corrected chi connectivity index (χ1v) is 7.46. The lowest BCUT2D eigenvalue weighted by molar-refractivity contribution is 0.572. The van der Waals surface area contributed by atoms with Gasteiger partial charge in [-0.1, -0.05) is 36.2 Å². The summed E-state index contributed by atoms with van der Waals surface area (Å²) in [7, 11) is 1.95. The van der Waals surface area contributed by atoms with Gasteiger partial charge in [0, 0.05) is 41.4 Å². The number of rotatable bonds is 5. The van der Waals surface area contributed by atoms with E-state index in [2.05, 4.69) is 30.5 Å². The molecule has 0 aliphatic rings. The monoisotopic (exact) mass is 311 g/mol. The largest absolute Gasteiger partial charge is 0.306 e. The molecule has 0 saturated heterocycles. The Kier molecular flexibility index (Phi) is 5.08. The molecule has 0 saturated carbocycles. The smallest absolute Gasteiger partial charge is 0.0666 e. The highest BCUT2D eigenvalue weighted by Gasteiger charge is 2.11. The van der Waals surface area contributed by atoms with E-state index in [1.165, 1.54) is 5.56 Å². The number of halogens is 2. The molecule has 1 aromatic carbocycles. The SMILES string of the molecule is CCc1nn(C)cc1CNC(C)c1ccc(Cl)cc1Cl. The topological polar surface area (TPSA) is 29.9 Å². The van der Waals surface area contributed by atoms with Crippen LogP contribution in [0.5, 0.6) is 0 Å². The van der Waals surface area contributed by atoms with E-state index in [4.69, 9.17) is 23.2 Å².